The van der Waals surface area contributed by atoms with Crippen molar-refractivity contribution < 1.29 is 4.42 Å². The topological polar surface area (TPSA) is 51.0 Å². The average molecular weight is 277 g/mol. The number of aromatic nitrogens is 2. The molecule has 0 aromatic carbocycles. The molecule has 0 radical (unpaired) electrons. The first kappa shape index (κ1) is 14.1. The van der Waals surface area contributed by atoms with Crippen molar-refractivity contribution >= 4 is 0 Å². The van der Waals surface area contributed by atoms with E-state index in [2.05, 4.69) is 22.4 Å². The van der Waals surface area contributed by atoms with E-state index >= 15 is 0 Å². The fourth-order valence-corrected chi connectivity index (χ4v) is 3.97. The Balaban J connectivity index is 1.56. The van der Waals surface area contributed by atoms with Crippen molar-refractivity contribution in [2.24, 2.45) is 11.8 Å². The molecule has 1 N–H and O–H groups in total. The largest absolute Gasteiger partial charge is 0.424 e. The van der Waals surface area contributed by atoms with Gasteiger partial charge in [-0.25, -0.2) is 0 Å². The highest BCUT2D eigenvalue weighted by Crippen LogP contribution is 2.45. The predicted molar refractivity (Wildman–Crippen MR) is 78.3 cm³/mol. The molecule has 0 saturated heterocycles. The second kappa shape index (κ2) is 6.70. The molecule has 2 fully saturated rings. The van der Waals surface area contributed by atoms with Crippen LogP contribution in [0.1, 0.15) is 76.0 Å². The summed E-state index contributed by atoms with van der Waals surface area (Å²) in [6, 6.07) is 0. The smallest absolute Gasteiger partial charge is 0.230 e. The molecule has 3 unspecified atom stereocenters. The van der Waals surface area contributed by atoms with E-state index in [1.165, 1.54) is 44.9 Å². The van der Waals surface area contributed by atoms with Crippen LogP contribution in [0.4, 0.5) is 0 Å². The van der Waals surface area contributed by atoms with Crippen LogP contribution in [0.15, 0.2) is 4.42 Å². The van der Waals surface area contributed by atoms with E-state index in [1.807, 2.05) is 0 Å². The molecule has 3 rings (SSSR count). The lowest BCUT2D eigenvalue weighted by molar-refractivity contribution is 0.145. The van der Waals surface area contributed by atoms with Crippen molar-refractivity contribution in [3.05, 3.63) is 11.8 Å². The van der Waals surface area contributed by atoms with Gasteiger partial charge in [0.25, 0.3) is 0 Å². The van der Waals surface area contributed by atoms with Gasteiger partial charge in [0.05, 0.1) is 6.54 Å². The molecule has 0 aliphatic heterocycles. The lowest BCUT2D eigenvalue weighted by Gasteiger charge is -2.38. The minimum atomic E-state index is 0.516. The molecule has 112 valence electrons. The van der Waals surface area contributed by atoms with Crippen molar-refractivity contribution in [3.8, 4) is 0 Å². The third kappa shape index (κ3) is 3.22. The fourth-order valence-electron chi connectivity index (χ4n) is 3.97. The SMILES string of the molecule is CCCNCc1nnc(C2CCC3CCCCC3C2)o1. The van der Waals surface area contributed by atoms with Crippen molar-refractivity contribution in [2.45, 2.75) is 70.8 Å². The number of hydrogen-bond acceptors (Lipinski definition) is 4. The molecule has 2 aliphatic rings. The highest BCUT2D eigenvalue weighted by molar-refractivity contribution is 4.97. The van der Waals surface area contributed by atoms with Gasteiger partial charge in [-0.3, -0.25) is 0 Å². The number of fused-ring (bicyclic) bond motifs is 1. The maximum Gasteiger partial charge on any atom is 0.230 e. The molecule has 4 heteroatoms. The Morgan fingerprint density at radius 3 is 2.80 bits per heavy atom. The highest BCUT2D eigenvalue weighted by atomic mass is 16.4. The van der Waals surface area contributed by atoms with Crippen LogP contribution in [0.3, 0.4) is 0 Å². The van der Waals surface area contributed by atoms with Crippen LogP contribution < -0.4 is 5.32 Å². The lowest BCUT2D eigenvalue weighted by atomic mass is 9.67. The molecule has 4 nitrogen and oxygen atoms in total. The van der Waals surface area contributed by atoms with Crippen molar-refractivity contribution in [1.82, 2.24) is 15.5 Å². The predicted octanol–water partition coefficient (Wildman–Crippen LogP) is 3.64. The van der Waals surface area contributed by atoms with Gasteiger partial charge in [0.1, 0.15) is 0 Å². The summed E-state index contributed by atoms with van der Waals surface area (Å²) in [4.78, 5) is 0. The summed E-state index contributed by atoms with van der Waals surface area (Å²) in [5.41, 5.74) is 0. The minimum Gasteiger partial charge on any atom is -0.424 e. The maximum atomic E-state index is 5.86. The number of rotatable bonds is 5. The van der Waals surface area contributed by atoms with Gasteiger partial charge in [0.15, 0.2) is 0 Å². The molecule has 0 spiro atoms. The first-order chi connectivity index (χ1) is 9.86. The van der Waals surface area contributed by atoms with Crippen molar-refractivity contribution in [1.29, 1.82) is 0 Å². The van der Waals surface area contributed by atoms with Gasteiger partial charge in [0.2, 0.25) is 11.8 Å². The lowest BCUT2D eigenvalue weighted by Crippen LogP contribution is -2.26. The second-order valence-corrected chi connectivity index (χ2v) is 6.53. The highest BCUT2D eigenvalue weighted by Gasteiger charge is 2.34. The maximum absolute atomic E-state index is 5.86. The number of nitrogens with zero attached hydrogens (tertiary/aromatic N) is 2. The van der Waals surface area contributed by atoms with E-state index in [1.54, 1.807) is 0 Å². The summed E-state index contributed by atoms with van der Waals surface area (Å²) in [6.07, 6.45) is 10.7. The average Bonchev–Trinajstić information content (AvgIpc) is 2.96. The van der Waals surface area contributed by atoms with Crippen LogP contribution in [0.2, 0.25) is 0 Å². The molecule has 1 aromatic rings. The molecule has 0 bridgehead atoms. The molecule has 0 amide bonds. The molecule has 2 aliphatic carbocycles. The Morgan fingerprint density at radius 1 is 1.10 bits per heavy atom. The van der Waals surface area contributed by atoms with Crippen LogP contribution >= 0.6 is 0 Å². The zero-order valence-electron chi connectivity index (χ0n) is 12.6. The van der Waals surface area contributed by atoms with E-state index in [9.17, 15) is 0 Å². The Morgan fingerprint density at radius 2 is 1.95 bits per heavy atom. The van der Waals surface area contributed by atoms with E-state index in [0.29, 0.717) is 12.5 Å². The van der Waals surface area contributed by atoms with Crippen LogP contribution in [-0.4, -0.2) is 16.7 Å². The summed E-state index contributed by atoms with van der Waals surface area (Å²) >= 11 is 0. The van der Waals surface area contributed by atoms with Crippen LogP contribution in [0.5, 0.6) is 0 Å². The Bertz CT molecular complexity index is 418. The van der Waals surface area contributed by atoms with Crippen molar-refractivity contribution in [3.63, 3.8) is 0 Å². The van der Waals surface area contributed by atoms with Crippen LogP contribution in [0, 0.1) is 11.8 Å². The summed E-state index contributed by atoms with van der Waals surface area (Å²) in [5.74, 6) is 4.05. The van der Waals surface area contributed by atoms with Crippen LogP contribution in [0.25, 0.3) is 0 Å². The van der Waals surface area contributed by atoms with E-state index in [0.717, 1.165) is 36.6 Å². The Labute approximate surface area is 121 Å². The quantitative estimate of drug-likeness (QED) is 0.835. The molecular formula is C16H27N3O. The van der Waals surface area contributed by atoms with Crippen molar-refractivity contribution in [2.75, 3.05) is 6.54 Å². The van der Waals surface area contributed by atoms with Gasteiger partial charge in [-0.1, -0.05) is 32.6 Å². The van der Waals surface area contributed by atoms with Gasteiger partial charge in [-0.2, -0.15) is 0 Å². The Kier molecular flexibility index (Phi) is 4.71. The number of nitrogens with one attached hydrogen (secondary N) is 1. The fraction of sp³-hybridized carbons (Fsp3) is 0.875. The summed E-state index contributed by atoms with van der Waals surface area (Å²) in [5, 5.41) is 11.8. The van der Waals surface area contributed by atoms with Crippen LogP contribution in [-0.2, 0) is 6.54 Å². The first-order valence-electron chi connectivity index (χ1n) is 8.39. The second-order valence-electron chi connectivity index (χ2n) is 6.53. The zero-order valence-corrected chi connectivity index (χ0v) is 12.6. The van der Waals surface area contributed by atoms with Gasteiger partial charge >= 0.3 is 0 Å². The van der Waals surface area contributed by atoms with E-state index in [-0.39, 0.29) is 0 Å². The zero-order chi connectivity index (χ0) is 13.8. The summed E-state index contributed by atoms with van der Waals surface area (Å²) in [7, 11) is 0. The third-order valence-corrected chi connectivity index (χ3v) is 5.07. The summed E-state index contributed by atoms with van der Waals surface area (Å²) in [6.45, 7) is 3.87. The van der Waals surface area contributed by atoms with Gasteiger partial charge in [-0.05, 0) is 44.1 Å². The van der Waals surface area contributed by atoms with Gasteiger partial charge in [0, 0.05) is 5.92 Å². The van der Waals surface area contributed by atoms with Gasteiger partial charge < -0.3 is 9.73 Å². The monoisotopic (exact) mass is 277 g/mol. The molecule has 1 heterocycles. The molecule has 2 saturated carbocycles. The first-order valence-corrected chi connectivity index (χ1v) is 8.39. The molecule has 20 heavy (non-hydrogen) atoms. The molecule has 1 aromatic heterocycles. The normalized spacial score (nSPS) is 30.1. The third-order valence-electron chi connectivity index (χ3n) is 5.07. The van der Waals surface area contributed by atoms with Gasteiger partial charge in [-0.15, -0.1) is 10.2 Å². The summed E-state index contributed by atoms with van der Waals surface area (Å²) < 4.78 is 5.86. The Hall–Kier alpha value is -0.900. The minimum absolute atomic E-state index is 0.516. The van der Waals surface area contributed by atoms with E-state index < -0.39 is 0 Å². The standard InChI is InChI=1S/C16H27N3O/c1-2-9-17-11-15-18-19-16(20-15)14-8-7-12-5-3-4-6-13(12)10-14/h12-14,17H,2-11H2,1H3. The molecule has 3 atom stereocenters. The van der Waals surface area contributed by atoms with E-state index in [4.69, 9.17) is 4.42 Å². The number of hydrogen-bond donors (Lipinski definition) is 1. The molecular weight excluding hydrogens is 250 g/mol.